The van der Waals surface area contributed by atoms with Crippen molar-refractivity contribution in [2.45, 2.75) is 6.92 Å². The Morgan fingerprint density at radius 1 is 1.29 bits per heavy atom. The molecule has 3 heteroatoms. The zero-order valence-electron chi connectivity index (χ0n) is 7.91. The fourth-order valence-electron chi connectivity index (χ4n) is 1.04. The highest BCUT2D eigenvalue weighted by molar-refractivity contribution is 6.04. The lowest BCUT2D eigenvalue weighted by Gasteiger charge is -2.01. The van der Waals surface area contributed by atoms with Crippen molar-refractivity contribution in [1.82, 2.24) is 0 Å². The number of carbonyl (C=O) groups excluding carboxylic acids is 2. The standard InChI is InChI=1S/C11H11NO2/c1-3-11(14)9-4-6-10(7-5-9)12-8(2)13/h3-7H,1H2,2H3,(H,12,13). The molecule has 0 aliphatic heterocycles. The van der Waals surface area contributed by atoms with Crippen LogP contribution in [-0.2, 0) is 4.79 Å². The highest BCUT2D eigenvalue weighted by atomic mass is 16.1. The molecule has 0 aliphatic carbocycles. The van der Waals surface area contributed by atoms with Gasteiger partial charge in [0.25, 0.3) is 0 Å². The molecular formula is C11H11NO2. The second-order valence-electron chi connectivity index (χ2n) is 2.83. The summed E-state index contributed by atoms with van der Waals surface area (Å²) in [7, 11) is 0. The zero-order valence-corrected chi connectivity index (χ0v) is 7.91. The number of amides is 1. The fraction of sp³-hybridized carbons (Fsp3) is 0.0909. The van der Waals surface area contributed by atoms with E-state index in [0.29, 0.717) is 11.3 Å². The van der Waals surface area contributed by atoms with Gasteiger partial charge in [-0.05, 0) is 30.3 Å². The SMILES string of the molecule is C=CC(=O)c1ccc(NC(C)=O)cc1. The maximum atomic E-state index is 11.1. The zero-order chi connectivity index (χ0) is 10.6. The largest absolute Gasteiger partial charge is 0.326 e. The number of hydrogen-bond donors (Lipinski definition) is 1. The van der Waals surface area contributed by atoms with Crippen LogP contribution in [0.25, 0.3) is 0 Å². The Bertz CT molecular complexity index is 365. The number of carbonyl (C=O) groups is 2. The average molecular weight is 189 g/mol. The van der Waals surface area contributed by atoms with Crippen molar-refractivity contribution in [1.29, 1.82) is 0 Å². The van der Waals surface area contributed by atoms with Crippen molar-refractivity contribution < 1.29 is 9.59 Å². The van der Waals surface area contributed by atoms with E-state index < -0.39 is 0 Å². The summed E-state index contributed by atoms with van der Waals surface area (Å²) in [5, 5.41) is 2.61. The summed E-state index contributed by atoms with van der Waals surface area (Å²) in [6, 6.07) is 6.65. The molecule has 1 rings (SSSR count). The summed E-state index contributed by atoms with van der Waals surface area (Å²) < 4.78 is 0. The first-order valence-electron chi connectivity index (χ1n) is 4.18. The Kier molecular flexibility index (Phi) is 3.18. The van der Waals surface area contributed by atoms with E-state index in [1.165, 1.54) is 13.0 Å². The number of anilines is 1. The maximum Gasteiger partial charge on any atom is 0.221 e. The molecule has 72 valence electrons. The first kappa shape index (κ1) is 10.2. The van der Waals surface area contributed by atoms with E-state index in [1.54, 1.807) is 24.3 Å². The highest BCUT2D eigenvalue weighted by Crippen LogP contribution is 2.09. The van der Waals surface area contributed by atoms with Gasteiger partial charge in [-0.3, -0.25) is 9.59 Å². The molecule has 0 spiro atoms. The van der Waals surface area contributed by atoms with Crippen molar-refractivity contribution >= 4 is 17.4 Å². The summed E-state index contributed by atoms with van der Waals surface area (Å²) in [6.45, 7) is 4.82. The summed E-state index contributed by atoms with van der Waals surface area (Å²) in [4.78, 5) is 21.8. The lowest BCUT2D eigenvalue weighted by Crippen LogP contribution is -2.05. The number of hydrogen-bond acceptors (Lipinski definition) is 2. The van der Waals surface area contributed by atoms with E-state index in [1.807, 2.05) is 0 Å². The Labute approximate surface area is 82.4 Å². The Balaban J connectivity index is 2.83. The Morgan fingerprint density at radius 3 is 2.29 bits per heavy atom. The van der Waals surface area contributed by atoms with E-state index in [0.717, 1.165) is 0 Å². The van der Waals surface area contributed by atoms with Crippen LogP contribution in [0.2, 0.25) is 0 Å². The van der Waals surface area contributed by atoms with Crippen LogP contribution in [0.3, 0.4) is 0 Å². The third-order valence-electron chi connectivity index (χ3n) is 1.68. The average Bonchev–Trinajstić information content (AvgIpc) is 2.17. The summed E-state index contributed by atoms with van der Waals surface area (Å²) in [5.41, 5.74) is 1.24. The van der Waals surface area contributed by atoms with Gasteiger partial charge in [-0.1, -0.05) is 6.58 Å². The normalized spacial score (nSPS) is 9.21. The van der Waals surface area contributed by atoms with Crippen LogP contribution >= 0.6 is 0 Å². The molecule has 0 aliphatic rings. The number of rotatable bonds is 3. The van der Waals surface area contributed by atoms with Gasteiger partial charge in [-0.25, -0.2) is 0 Å². The molecule has 1 aromatic rings. The molecule has 1 N–H and O–H groups in total. The minimum atomic E-state index is -0.132. The minimum Gasteiger partial charge on any atom is -0.326 e. The number of benzene rings is 1. The van der Waals surface area contributed by atoms with Gasteiger partial charge in [0.2, 0.25) is 5.91 Å². The van der Waals surface area contributed by atoms with Gasteiger partial charge in [0.05, 0.1) is 0 Å². The van der Waals surface area contributed by atoms with Crippen LogP contribution in [0.1, 0.15) is 17.3 Å². The topological polar surface area (TPSA) is 46.2 Å². The van der Waals surface area contributed by atoms with E-state index in [9.17, 15) is 9.59 Å². The van der Waals surface area contributed by atoms with Crippen molar-refractivity contribution in [3.63, 3.8) is 0 Å². The van der Waals surface area contributed by atoms with Crippen molar-refractivity contribution in [3.8, 4) is 0 Å². The van der Waals surface area contributed by atoms with E-state index in [2.05, 4.69) is 11.9 Å². The van der Waals surface area contributed by atoms with Crippen LogP contribution in [0.4, 0.5) is 5.69 Å². The molecule has 0 fully saturated rings. The second kappa shape index (κ2) is 4.37. The predicted octanol–water partition coefficient (Wildman–Crippen LogP) is 2.01. The molecular weight excluding hydrogens is 178 g/mol. The summed E-state index contributed by atoms with van der Waals surface area (Å²) in [6.07, 6.45) is 1.26. The molecule has 3 nitrogen and oxygen atoms in total. The molecule has 1 aromatic carbocycles. The Morgan fingerprint density at radius 2 is 1.86 bits per heavy atom. The van der Waals surface area contributed by atoms with Crippen LogP contribution in [-0.4, -0.2) is 11.7 Å². The van der Waals surface area contributed by atoms with Gasteiger partial charge in [0, 0.05) is 18.2 Å². The van der Waals surface area contributed by atoms with Gasteiger partial charge < -0.3 is 5.32 Å². The van der Waals surface area contributed by atoms with Crippen LogP contribution in [0, 0.1) is 0 Å². The number of allylic oxidation sites excluding steroid dienone is 1. The van der Waals surface area contributed by atoms with Gasteiger partial charge in [0.15, 0.2) is 5.78 Å². The highest BCUT2D eigenvalue weighted by Gasteiger charge is 2.00. The third-order valence-corrected chi connectivity index (χ3v) is 1.68. The first-order valence-corrected chi connectivity index (χ1v) is 4.18. The minimum absolute atomic E-state index is 0.126. The smallest absolute Gasteiger partial charge is 0.221 e. The third kappa shape index (κ3) is 2.55. The molecule has 1 amide bonds. The van der Waals surface area contributed by atoms with E-state index in [4.69, 9.17) is 0 Å². The molecule has 0 unspecified atom stereocenters. The number of nitrogens with one attached hydrogen (secondary N) is 1. The number of ketones is 1. The van der Waals surface area contributed by atoms with Gasteiger partial charge in [-0.2, -0.15) is 0 Å². The van der Waals surface area contributed by atoms with E-state index in [-0.39, 0.29) is 11.7 Å². The lowest BCUT2D eigenvalue weighted by atomic mass is 10.1. The molecule has 0 aromatic heterocycles. The van der Waals surface area contributed by atoms with Crippen molar-refractivity contribution in [2.24, 2.45) is 0 Å². The molecule has 0 saturated carbocycles. The predicted molar refractivity (Wildman–Crippen MR) is 55.3 cm³/mol. The molecule has 0 saturated heterocycles. The second-order valence-corrected chi connectivity index (χ2v) is 2.83. The van der Waals surface area contributed by atoms with Crippen molar-refractivity contribution in [2.75, 3.05) is 5.32 Å². The molecule has 14 heavy (non-hydrogen) atoms. The monoisotopic (exact) mass is 189 g/mol. The molecule has 0 bridgehead atoms. The summed E-state index contributed by atoms with van der Waals surface area (Å²) >= 11 is 0. The van der Waals surface area contributed by atoms with E-state index >= 15 is 0 Å². The van der Waals surface area contributed by atoms with Crippen LogP contribution in [0.15, 0.2) is 36.9 Å². The lowest BCUT2D eigenvalue weighted by molar-refractivity contribution is -0.114. The van der Waals surface area contributed by atoms with Gasteiger partial charge >= 0.3 is 0 Å². The molecule has 0 heterocycles. The molecule has 0 atom stereocenters. The van der Waals surface area contributed by atoms with Crippen LogP contribution < -0.4 is 5.32 Å². The first-order chi connectivity index (χ1) is 6.63. The fourth-order valence-corrected chi connectivity index (χ4v) is 1.04. The maximum absolute atomic E-state index is 11.1. The van der Waals surface area contributed by atoms with Gasteiger partial charge in [-0.15, -0.1) is 0 Å². The Hall–Kier alpha value is -1.90. The summed E-state index contributed by atoms with van der Waals surface area (Å²) in [5.74, 6) is -0.257. The quantitative estimate of drug-likeness (QED) is 0.584. The van der Waals surface area contributed by atoms with Crippen LogP contribution in [0.5, 0.6) is 0 Å². The molecule has 0 radical (unpaired) electrons. The van der Waals surface area contributed by atoms with Crippen molar-refractivity contribution in [3.05, 3.63) is 42.5 Å². The van der Waals surface area contributed by atoms with Gasteiger partial charge in [0.1, 0.15) is 0 Å².